The fraction of sp³-hybridized carbons (Fsp3) is 0.190. The maximum Gasteiger partial charge on any atom is 0.356 e. The van der Waals surface area contributed by atoms with E-state index < -0.39 is 12.1 Å². The number of rotatable bonds is 5. The summed E-state index contributed by atoms with van der Waals surface area (Å²) in [5.74, 6) is -0.397. The number of fused-ring (bicyclic) bond motifs is 1. The first-order chi connectivity index (χ1) is 13.2. The van der Waals surface area contributed by atoms with Gasteiger partial charge in [-0.15, -0.1) is 11.8 Å². The molecule has 136 valence electrons. The first-order valence-corrected chi connectivity index (χ1v) is 9.67. The van der Waals surface area contributed by atoms with Crippen LogP contribution in [0.15, 0.2) is 71.9 Å². The quantitative estimate of drug-likeness (QED) is 0.454. The molecule has 0 spiro atoms. The van der Waals surface area contributed by atoms with Crippen LogP contribution in [-0.2, 0) is 19.1 Å². The van der Waals surface area contributed by atoms with Gasteiger partial charge < -0.3 is 4.74 Å². The summed E-state index contributed by atoms with van der Waals surface area (Å²) in [5.41, 5.74) is 2.03. The van der Waals surface area contributed by atoms with Crippen molar-refractivity contribution in [1.29, 1.82) is 0 Å². The Balaban J connectivity index is 1.68. The van der Waals surface area contributed by atoms with E-state index in [1.165, 1.54) is 16.7 Å². The number of thioether (sulfide) groups is 1. The molecule has 27 heavy (non-hydrogen) atoms. The minimum atomic E-state index is -0.645. The highest BCUT2D eigenvalue weighted by Crippen LogP contribution is 2.40. The van der Waals surface area contributed by atoms with Crippen molar-refractivity contribution in [2.75, 3.05) is 5.75 Å². The normalized spacial score (nSPS) is 18.8. The van der Waals surface area contributed by atoms with Crippen molar-refractivity contribution < 1.29 is 19.1 Å². The first-order valence-electron chi connectivity index (χ1n) is 8.62. The lowest BCUT2D eigenvalue weighted by Gasteiger charge is -2.43. The van der Waals surface area contributed by atoms with Crippen molar-refractivity contribution in [1.82, 2.24) is 4.90 Å². The molecule has 2 aliphatic heterocycles. The molecule has 2 aliphatic rings. The van der Waals surface area contributed by atoms with Gasteiger partial charge in [-0.3, -0.25) is 14.5 Å². The van der Waals surface area contributed by atoms with Crippen LogP contribution in [0.4, 0.5) is 0 Å². The Morgan fingerprint density at radius 1 is 1.07 bits per heavy atom. The first kappa shape index (κ1) is 17.5. The fourth-order valence-corrected chi connectivity index (χ4v) is 4.47. The standard InChI is InChI=1S/C21H17NO4S/c23-12-16-13-27-18-11-17(24)22(18)19(16)21(25)26-20(14-7-3-1-4-8-14)15-9-5-2-6-10-15/h1-10,12,18,20H,11,13H2/t18-/m0/s1. The largest absolute Gasteiger partial charge is 0.448 e. The number of hydrogen-bond acceptors (Lipinski definition) is 5. The Bertz CT molecular complexity index is 871. The van der Waals surface area contributed by atoms with Crippen LogP contribution in [0, 0.1) is 0 Å². The number of amides is 1. The third-order valence-electron chi connectivity index (χ3n) is 4.65. The van der Waals surface area contributed by atoms with E-state index in [-0.39, 0.29) is 17.0 Å². The van der Waals surface area contributed by atoms with Crippen LogP contribution in [-0.4, -0.2) is 34.2 Å². The van der Waals surface area contributed by atoms with Crippen LogP contribution < -0.4 is 0 Å². The number of hydrogen-bond donors (Lipinski definition) is 0. The highest BCUT2D eigenvalue weighted by Gasteiger charge is 2.46. The predicted octanol–water partition coefficient (Wildman–Crippen LogP) is 3.08. The number of esters is 1. The van der Waals surface area contributed by atoms with E-state index in [9.17, 15) is 14.4 Å². The van der Waals surface area contributed by atoms with Gasteiger partial charge >= 0.3 is 5.97 Å². The second-order valence-corrected chi connectivity index (χ2v) is 7.50. The van der Waals surface area contributed by atoms with Gasteiger partial charge in [-0.25, -0.2) is 4.79 Å². The summed E-state index contributed by atoms with van der Waals surface area (Å²) < 4.78 is 5.84. The molecule has 6 heteroatoms. The topological polar surface area (TPSA) is 63.7 Å². The van der Waals surface area contributed by atoms with E-state index in [4.69, 9.17) is 4.74 Å². The zero-order valence-electron chi connectivity index (χ0n) is 14.4. The number of aldehydes is 1. The van der Waals surface area contributed by atoms with Crippen molar-refractivity contribution >= 4 is 29.9 Å². The lowest BCUT2D eigenvalue weighted by molar-refractivity contribution is -0.152. The SMILES string of the molecule is O=CC1=C(C(=O)OC(c2ccccc2)c2ccccc2)N2C(=O)C[C@@H]2SC1. The number of benzene rings is 2. The number of nitrogens with zero attached hydrogens (tertiary/aromatic N) is 1. The molecule has 1 atom stereocenters. The second kappa shape index (κ2) is 7.40. The highest BCUT2D eigenvalue weighted by molar-refractivity contribution is 8.00. The summed E-state index contributed by atoms with van der Waals surface area (Å²) in [5, 5.41) is -0.0874. The van der Waals surface area contributed by atoms with E-state index in [1.807, 2.05) is 60.7 Å². The van der Waals surface area contributed by atoms with Crippen molar-refractivity contribution in [2.45, 2.75) is 17.9 Å². The van der Waals surface area contributed by atoms with E-state index in [2.05, 4.69) is 0 Å². The van der Waals surface area contributed by atoms with Crippen LogP contribution in [0.3, 0.4) is 0 Å². The maximum atomic E-state index is 13.0. The van der Waals surface area contributed by atoms with Crippen LogP contribution in [0.2, 0.25) is 0 Å². The van der Waals surface area contributed by atoms with Gasteiger partial charge in [-0.1, -0.05) is 60.7 Å². The summed E-state index contributed by atoms with van der Waals surface area (Å²) in [6, 6.07) is 18.8. The van der Waals surface area contributed by atoms with Crippen molar-refractivity contribution in [3.8, 4) is 0 Å². The molecule has 0 bridgehead atoms. The van der Waals surface area contributed by atoms with E-state index >= 15 is 0 Å². The summed E-state index contributed by atoms with van der Waals surface area (Å²) in [4.78, 5) is 37.9. The molecular weight excluding hydrogens is 362 g/mol. The molecule has 0 aliphatic carbocycles. The lowest BCUT2D eigenvalue weighted by atomic mass is 10.0. The van der Waals surface area contributed by atoms with E-state index in [0.29, 0.717) is 24.0 Å². The third kappa shape index (κ3) is 3.28. The molecule has 2 aromatic carbocycles. The summed E-state index contributed by atoms with van der Waals surface area (Å²) in [6.45, 7) is 0. The number of carbonyl (C=O) groups excluding carboxylic acids is 3. The lowest BCUT2D eigenvalue weighted by Crippen LogP contribution is -2.54. The molecule has 1 saturated heterocycles. The smallest absolute Gasteiger partial charge is 0.356 e. The van der Waals surface area contributed by atoms with Gasteiger partial charge in [-0.05, 0) is 11.1 Å². The summed E-state index contributed by atoms with van der Waals surface area (Å²) >= 11 is 1.49. The Kier molecular flexibility index (Phi) is 4.81. The zero-order valence-corrected chi connectivity index (χ0v) is 15.2. The van der Waals surface area contributed by atoms with Gasteiger partial charge in [0.15, 0.2) is 6.10 Å². The monoisotopic (exact) mass is 379 g/mol. The molecule has 2 aromatic rings. The van der Waals surface area contributed by atoms with Gasteiger partial charge in [-0.2, -0.15) is 0 Å². The average Bonchev–Trinajstić information content (AvgIpc) is 2.71. The number of carbonyl (C=O) groups is 3. The predicted molar refractivity (Wildman–Crippen MR) is 102 cm³/mol. The molecule has 2 heterocycles. The van der Waals surface area contributed by atoms with Crippen LogP contribution in [0.25, 0.3) is 0 Å². The van der Waals surface area contributed by atoms with E-state index in [1.54, 1.807) is 0 Å². The van der Waals surface area contributed by atoms with Crippen molar-refractivity contribution in [2.24, 2.45) is 0 Å². The maximum absolute atomic E-state index is 13.0. The van der Waals surface area contributed by atoms with Crippen molar-refractivity contribution in [3.05, 3.63) is 83.1 Å². The number of ether oxygens (including phenoxy) is 1. The number of β-lactam (4-membered cyclic amide) rings is 1. The molecule has 0 aromatic heterocycles. The van der Waals surface area contributed by atoms with Crippen molar-refractivity contribution in [3.63, 3.8) is 0 Å². The average molecular weight is 379 g/mol. The van der Waals surface area contributed by atoms with Crippen LogP contribution >= 0.6 is 11.8 Å². The Morgan fingerprint density at radius 2 is 1.67 bits per heavy atom. The molecule has 0 saturated carbocycles. The Morgan fingerprint density at radius 3 is 2.19 bits per heavy atom. The van der Waals surface area contributed by atoms with Gasteiger partial charge in [0.1, 0.15) is 12.0 Å². The van der Waals surface area contributed by atoms with Gasteiger partial charge in [0.2, 0.25) is 5.91 Å². The molecule has 1 amide bonds. The molecule has 0 radical (unpaired) electrons. The van der Waals surface area contributed by atoms with Gasteiger partial charge in [0.25, 0.3) is 0 Å². The third-order valence-corrected chi connectivity index (χ3v) is 5.89. The molecular formula is C21H17NO4S. The minimum Gasteiger partial charge on any atom is -0.448 e. The highest BCUT2D eigenvalue weighted by atomic mass is 32.2. The molecule has 4 rings (SSSR count). The van der Waals surface area contributed by atoms with E-state index in [0.717, 1.165) is 11.1 Å². The second-order valence-electron chi connectivity index (χ2n) is 6.33. The Labute approximate surface area is 161 Å². The molecule has 5 nitrogen and oxygen atoms in total. The summed E-state index contributed by atoms with van der Waals surface area (Å²) in [6.07, 6.45) is 0.407. The summed E-state index contributed by atoms with van der Waals surface area (Å²) in [7, 11) is 0. The molecule has 0 unspecified atom stereocenters. The zero-order chi connectivity index (χ0) is 18.8. The molecule has 1 fully saturated rings. The fourth-order valence-electron chi connectivity index (χ4n) is 3.26. The van der Waals surface area contributed by atoms with Crippen LogP contribution in [0.5, 0.6) is 0 Å². The van der Waals surface area contributed by atoms with Gasteiger partial charge in [0, 0.05) is 11.3 Å². The molecule has 0 N–H and O–H groups in total. The minimum absolute atomic E-state index is 0.0851. The Hall–Kier alpha value is -2.86. The van der Waals surface area contributed by atoms with Gasteiger partial charge in [0.05, 0.1) is 11.8 Å². The van der Waals surface area contributed by atoms with Crippen LogP contribution in [0.1, 0.15) is 23.7 Å².